The van der Waals surface area contributed by atoms with E-state index in [0.717, 1.165) is 23.6 Å². The van der Waals surface area contributed by atoms with Crippen LogP contribution in [0.4, 0.5) is 0 Å². The van der Waals surface area contributed by atoms with E-state index in [1.54, 1.807) is 7.11 Å². The summed E-state index contributed by atoms with van der Waals surface area (Å²) >= 11 is 0. The van der Waals surface area contributed by atoms with E-state index >= 15 is 0 Å². The molecule has 3 aromatic rings. The van der Waals surface area contributed by atoms with Gasteiger partial charge in [-0.2, -0.15) is 0 Å². The number of ether oxygens (including phenoxy) is 2. The molecule has 1 N–H and O–H groups in total. The van der Waals surface area contributed by atoms with Crippen molar-refractivity contribution < 1.29 is 9.47 Å². The maximum Gasteiger partial charge on any atom is 0.176 e. The fourth-order valence-corrected chi connectivity index (χ4v) is 2.94. The van der Waals surface area contributed by atoms with Crippen LogP contribution in [-0.2, 0) is 6.54 Å². The minimum atomic E-state index is -0.125. The monoisotopic (exact) mass is 291 g/mol. The first-order valence-corrected chi connectivity index (χ1v) is 7.40. The Hall–Kier alpha value is -2.52. The minimum Gasteiger partial charge on any atom is -0.497 e. The molecule has 0 aromatic heterocycles. The van der Waals surface area contributed by atoms with E-state index in [1.807, 2.05) is 24.3 Å². The molecule has 110 valence electrons. The molecule has 3 heteroatoms. The van der Waals surface area contributed by atoms with Crippen LogP contribution in [0.3, 0.4) is 0 Å². The van der Waals surface area contributed by atoms with E-state index in [1.165, 1.54) is 16.3 Å². The SMILES string of the molecule is COc1ccc(C2NCc3c(ccc4ccccc34)O2)cc1. The Labute approximate surface area is 129 Å². The molecule has 0 bridgehead atoms. The number of benzene rings is 3. The predicted octanol–water partition coefficient (Wildman–Crippen LogP) is 4.03. The normalized spacial score (nSPS) is 16.9. The molecule has 1 unspecified atom stereocenters. The standard InChI is InChI=1S/C19H17NO2/c1-21-15-9-6-14(7-10-15)19-20-12-17-16-5-3-2-4-13(16)8-11-18(17)22-19/h2-11,19-20H,12H2,1H3. The molecule has 0 amide bonds. The molecule has 4 rings (SSSR count). The Morgan fingerprint density at radius 1 is 1.00 bits per heavy atom. The first-order chi connectivity index (χ1) is 10.8. The van der Waals surface area contributed by atoms with E-state index in [0.29, 0.717) is 0 Å². The summed E-state index contributed by atoms with van der Waals surface area (Å²) in [6.45, 7) is 0.799. The lowest BCUT2D eigenvalue weighted by molar-refractivity contribution is 0.145. The van der Waals surface area contributed by atoms with Crippen LogP contribution in [0.1, 0.15) is 17.4 Å². The molecule has 1 heterocycles. The molecular weight excluding hydrogens is 274 g/mol. The lowest BCUT2D eigenvalue weighted by atomic mass is 10.0. The third-order valence-electron chi connectivity index (χ3n) is 4.13. The zero-order valence-electron chi connectivity index (χ0n) is 12.4. The average Bonchev–Trinajstić information content (AvgIpc) is 2.61. The highest BCUT2D eigenvalue weighted by Gasteiger charge is 2.21. The molecule has 3 aromatic carbocycles. The number of methoxy groups -OCH3 is 1. The molecule has 0 saturated carbocycles. The van der Waals surface area contributed by atoms with E-state index in [-0.39, 0.29) is 6.23 Å². The summed E-state index contributed by atoms with van der Waals surface area (Å²) < 4.78 is 11.3. The number of hydrogen-bond donors (Lipinski definition) is 1. The van der Waals surface area contributed by atoms with Crippen LogP contribution >= 0.6 is 0 Å². The van der Waals surface area contributed by atoms with Gasteiger partial charge in [0.1, 0.15) is 11.5 Å². The molecular formula is C19H17NO2. The van der Waals surface area contributed by atoms with E-state index in [4.69, 9.17) is 9.47 Å². The summed E-state index contributed by atoms with van der Waals surface area (Å²) in [4.78, 5) is 0. The molecule has 1 aliphatic rings. The number of fused-ring (bicyclic) bond motifs is 3. The third kappa shape index (κ3) is 2.20. The first-order valence-electron chi connectivity index (χ1n) is 7.40. The molecule has 0 fully saturated rings. The summed E-state index contributed by atoms with van der Waals surface area (Å²) in [5, 5.41) is 5.95. The fourth-order valence-electron chi connectivity index (χ4n) is 2.94. The van der Waals surface area contributed by atoms with Crippen molar-refractivity contribution in [2.24, 2.45) is 0 Å². The molecule has 0 saturated heterocycles. The smallest absolute Gasteiger partial charge is 0.176 e. The third-order valence-corrected chi connectivity index (χ3v) is 4.13. The molecule has 3 nitrogen and oxygen atoms in total. The van der Waals surface area contributed by atoms with Gasteiger partial charge in [0.15, 0.2) is 6.23 Å². The van der Waals surface area contributed by atoms with Crippen molar-refractivity contribution in [1.82, 2.24) is 5.32 Å². The Morgan fingerprint density at radius 2 is 1.82 bits per heavy atom. The maximum atomic E-state index is 6.15. The van der Waals surface area contributed by atoms with Gasteiger partial charge in [-0.3, -0.25) is 5.32 Å². The number of rotatable bonds is 2. The predicted molar refractivity (Wildman–Crippen MR) is 87.2 cm³/mol. The van der Waals surface area contributed by atoms with Crippen LogP contribution < -0.4 is 14.8 Å². The van der Waals surface area contributed by atoms with Gasteiger partial charge in [-0.25, -0.2) is 0 Å². The molecule has 0 spiro atoms. The van der Waals surface area contributed by atoms with Crippen molar-refractivity contribution in [3.63, 3.8) is 0 Å². The van der Waals surface area contributed by atoms with Crippen LogP contribution in [-0.4, -0.2) is 7.11 Å². The summed E-state index contributed by atoms with van der Waals surface area (Å²) in [5.41, 5.74) is 2.32. The summed E-state index contributed by atoms with van der Waals surface area (Å²) in [6.07, 6.45) is -0.125. The van der Waals surface area contributed by atoms with E-state index < -0.39 is 0 Å². The van der Waals surface area contributed by atoms with Gasteiger partial charge in [0.05, 0.1) is 7.11 Å². The lowest BCUT2D eigenvalue weighted by Gasteiger charge is -2.28. The van der Waals surface area contributed by atoms with Gasteiger partial charge in [-0.1, -0.05) is 42.5 Å². The second kappa shape index (κ2) is 5.35. The van der Waals surface area contributed by atoms with Crippen LogP contribution in [0.15, 0.2) is 60.7 Å². The van der Waals surface area contributed by atoms with Crippen LogP contribution in [0.5, 0.6) is 11.5 Å². The Morgan fingerprint density at radius 3 is 2.64 bits per heavy atom. The van der Waals surface area contributed by atoms with E-state index in [9.17, 15) is 0 Å². The van der Waals surface area contributed by atoms with Gasteiger partial charge in [0.2, 0.25) is 0 Å². The van der Waals surface area contributed by atoms with Crippen molar-refractivity contribution in [2.45, 2.75) is 12.8 Å². The highest BCUT2D eigenvalue weighted by Crippen LogP contribution is 2.34. The first kappa shape index (κ1) is 13.2. The van der Waals surface area contributed by atoms with Crippen LogP contribution in [0.25, 0.3) is 10.8 Å². The Balaban J connectivity index is 1.67. The summed E-state index contributed by atoms with van der Waals surface area (Å²) in [6, 6.07) is 20.6. The van der Waals surface area contributed by atoms with Gasteiger partial charge in [-0.15, -0.1) is 0 Å². The molecule has 0 radical (unpaired) electrons. The maximum absolute atomic E-state index is 6.15. The van der Waals surface area contributed by atoms with Crippen molar-refractivity contribution >= 4 is 10.8 Å². The average molecular weight is 291 g/mol. The topological polar surface area (TPSA) is 30.5 Å². The van der Waals surface area contributed by atoms with Gasteiger partial charge < -0.3 is 9.47 Å². The Kier molecular flexibility index (Phi) is 3.20. The largest absolute Gasteiger partial charge is 0.497 e. The summed E-state index contributed by atoms with van der Waals surface area (Å²) in [5.74, 6) is 1.81. The van der Waals surface area contributed by atoms with Crippen molar-refractivity contribution in [2.75, 3.05) is 7.11 Å². The summed E-state index contributed by atoms with van der Waals surface area (Å²) in [7, 11) is 1.67. The lowest BCUT2D eigenvalue weighted by Crippen LogP contribution is -2.30. The molecule has 0 aliphatic carbocycles. The molecule has 1 atom stereocenters. The van der Waals surface area contributed by atoms with Crippen molar-refractivity contribution in [1.29, 1.82) is 0 Å². The van der Waals surface area contributed by atoms with Crippen molar-refractivity contribution in [3.8, 4) is 11.5 Å². The zero-order valence-corrected chi connectivity index (χ0v) is 12.4. The molecule has 1 aliphatic heterocycles. The molecule has 22 heavy (non-hydrogen) atoms. The van der Waals surface area contributed by atoms with E-state index in [2.05, 4.69) is 41.7 Å². The van der Waals surface area contributed by atoms with Crippen molar-refractivity contribution in [3.05, 3.63) is 71.8 Å². The number of hydrogen-bond acceptors (Lipinski definition) is 3. The van der Waals surface area contributed by atoms with Crippen LogP contribution in [0, 0.1) is 0 Å². The zero-order chi connectivity index (χ0) is 14.9. The highest BCUT2D eigenvalue weighted by molar-refractivity contribution is 5.87. The fraction of sp³-hybridized carbons (Fsp3) is 0.158. The van der Waals surface area contributed by atoms with Gasteiger partial charge in [-0.05, 0) is 29.0 Å². The second-order valence-electron chi connectivity index (χ2n) is 5.42. The van der Waals surface area contributed by atoms with Crippen LogP contribution in [0.2, 0.25) is 0 Å². The second-order valence-corrected chi connectivity index (χ2v) is 5.42. The minimum absolute atomic E-state index is 0.125. The number of nitrogens with one attached hydrogen (secondary N) is 1. The van der Waals surface area contributed by atoms with Gasteiger partial charge in [0, 0.05) is 17.7 Å². The highest BCUT2D eigenvalue weighted by atomic mass is 16.5. The van der Waals surface area contributed by atoms with Gasteiger partial charge >= 0.3 is 0 Å². The Bertz CT molecular complexity index is 811. The van der Waals surface area contributed by atoms with Gasteiger partial charge in [0.25, 0.3) is 0 Å². The quantitative estimate of drug-likeness (QED) is 0.773.